The summed E-state index contributed by atoms with van der Waals surface area (Å²) in [4.78, 5) is 33.1. The van der Waals surface area contributed by atoms with Crippen LogP contribution in [0.25, 0.3) is 0 Å². The molecule has 0 aliphatic rings. The van der Waals surface area contributed by atoms with E-state index in [1.165, 1.54) is 0 Å². The second-order valence-corrected chi connectivity index (χ2v) is 4.52. The maximum Gasteiger partial charge on any atom is 0.283 e. The molecule has 0 bridgehead atoms. The van der Waals surface area contributed by atoms with Crippen LogP contribution in [-0.2, 0) is 5.41 Å². The summed E-state index contributed by atoms with van der Waals surface area (Å²) in [5.41, 5.74) is -9.98. The molecule has 0 saturated carbocycles. The van der Waals surface area contributed by atoms with Crippen molar-refractivity contribution in [1.29, 1.82) is 0 Å². The molecule has 0 atom stereocenters. The summed E-state index contributed by atoms with van der Waals surface area (Å²) in [6.45, 7) is -9.00. The molecule has 0 fully saturated rings. The minimum Gasteiger partial charge on any atom is -0.294 e. The lowest BCUT2D eigenvalue weighted by Crippen LogP contribution is -2.20. The lowest BCUT2D eigenvalue weighted by molar-refractivity contribution is -0.397. The molecule has 114 valence electrons. The summed E-state index contributed by atoms with van der Waals surface area (Å²) in [5.74, 6) is -0.843. The maximum atomic E-state index is 12.0. The van der Waals surface area contributed by atoms with E-state index in [2.05, 4.69) is 0 Å². The lowest BCUT2D eigenvalue weighted by Gasteiger charge is -2.22. The third-order valence-electron chi connectivity index (χ3n) is 3.03. The summed E-state index contributed by atoms with van der Waals surface area (Å²) >= 11 is 0. The van der Waals surface area contributed by atoms with Crippen molar-refractivity contribution in [2.75, 3.05) is 0 Å². The fourth-order valence-corrected chi connectivity index (χ4v) is 2.34. The van der Waals surface area contributed by atoms with Gasteiger partial charge in [0.1, 0.15) is 5.56 Å². The number of hydrogen-bond donors (Lipinski definition) is 0. The minimum atomic E-state index is -3.98. The van der Waals surface area contributed by atoms with E-state index in [1.54, 1.807) is 0 Å². The van der Waals surface area contributed by atoms with E-state index in [1.807, 2.05) is 0 Å². The Morgan fingerprint density at radius 3 is 1.67 bits per heavy atom. The molecular formula is C14H18N2O5. The van der Waals surface area contributed by atoms with Gasteiger partial charge in [0.2, 0.25) is 0 Å². The molecule has 1 aromatic carbocycles. The van der Waals surface area contributed by atoms with E-state index >= 15 is 0 Å². The molecule has 0 spiro atoms. The van der Waals surface area contributed by atoms with Crippen LogP contribution in [0.2, 0.25) is 0 Å². The van der Waals surface area contributed by atoms with Gasteiger partial charge in [0.25, 0.3) is 11.4 Å². The largest absolute Gasteiger partial charge is 0.294 e. The van der Waals surface area contributed by atoms with E-state index < -0.39 is 75.2 Å². The summed E-state index contributed by atoms with van der Waals surface area (Å²) in [7, 11) is 0. The van der Waals surface area contributed by atoms with Crippen LogP contribution in [0.4, 0.5) is 11.4 Å². The van der Waals surface area contributed by atoms with Gasteiger partial charge in [0, 0.05) is 34.4 Å². The molecule has 1 rings (SSSR count). The third-order valence-corrected chi connectivity index (χ3v) is 3.03. The Balaban J connectivity index is 4.76. The van der Waals surface area contributed by atoms with Crippen LogP contribution in [0.15, 0.2) is 0 Å². The van der Waals surface area contributed by atoms with Crippen molar-refractivity contribution in [3.63, 3.8) is 0 Å². The Bertz CT molecular complexity index is 855. The normalized spacial score (nSPS) is 19.5. The highest BCUT2D eigenvalue weighted by atomic mass is 16.6. The summed E-state index contributed by atoms with van der Waals surface area (Å²) in [6, 6.07) is 0. The Kier molecular flexibility index (Phi) is 1.90. The highest BCUT2D eigenvalue weighted by Gasteiger charge is 2.39. The first-order chi connectivity index (χ1) is 13.2. The van der Waals surface area contributed by atoms with Gasteiger partial charge in [-0.05, 0) is 20.8 Å². The smallest absolute Gasteiger partial charge is 0.283 e. The van der Waals surface area contributed by atoms with E-state index in [0.717, 1.165) is 20.8 Å². The predicted molar refractivity (Wildman–Crippen MR) is 77.9 cm³/mol. The van der Waals surface area contributed by atoms with Crippen LogP contribution in [-0.4, -0.2) is 15.6 Å². The number of carbonyl (C=O) groups is 1. The van der Waals surface area contributed by atoms with Gasteiger partial charge < -0.3 is 0 Å². The number of benzene rings is 1. The number of ketones is 1. The fraction of sp³-hybridized carbons (Fsp3) is 0.500. The highest BCUT2D eigenvalue weighted by Crippen LogP contribution is 2.44. The van der Waals surface area contributed by atoms with Gasteiger partial charge in [0.05, 0.1) is 9.85 Å². The van der Waals surface area contributed by atoms with Crippen molar-refractivity contribution in [3.8, 4) is 0 Å². The van der Waals surface area contributed by atoms with Crippen LogP contribution >= 0.6 is 0 Å². The van der Waals surface area contributed by atoms with Gasteiger partial charge in [-0.15, -0.1) is 0 Å². The van der Waals surface area contributed by atoms with Crippen LogP contribution in [0, 0.1) is 34.1 Å². The highest BCUT2D eigenvalue weighted by molar-refractivity contribution is 5.99. The Labute approximate surface area is 134 Å². The Hall–Kier alpha value is -2.31. The zero-order valence-corrected chi connectivity index (χ0v) is 11.4. The Morgan fingerprint density at radius 2 is 1.43 bits per heavy atom. The van der Waals surface area contributed by atoms with Gasteiger partial charge in [-0.2, -0.15) is 0 Å². The summed E-state index contributed by atoms with van der Waals surface area (Å²) in [6.07, 6.45) is 0. The van der Waals surface area contributed by atoms with Crippen LogP contribution < -0.4 is 0 Å². The van der Waals surface area contributed by atoms with E-state index in [0.29, 0.717) is 0 Å². The molecule has 0 radical (unpaired) electrons. The van der Waals surface area contributed by atoms with Gasteiger partial charge in [-0.25, -0.2) is 0 Å². The first kappa shape index (κ1) is 7.63. The molecule has 0 unspecified atom stereocenters. The monoisotopic (exact) mass is 303 g/mol. The number of Topliss-reactive ketones (excluding diaryl/α,β-unsaturated/α-hetero) is 1. The maximum absolute atomic E-state index is 12.0. The molecule has 0 aliphatic carbocycles. The molecule has 7 nitrogen and oxygen atoms in total. The molecule has 1 aromatic rings. The number of nitro benzene ring substituents is 2. The van der Waals surface area contributed by atoms with Gasteiger partial charge in [0.15, 0.2) is 5.78 Å². The van der Waals surface area contributed by atoms with Gasteiger partial charge in [-0.3, -0.25) is 25.0 Å². The standard InChI is InChI=1S/C14H18N2O5/c1-7-10(9(3)17)8(2)13(16(20)21)11(14(4,5)6)12(7)15(18)19/h1-6H3/i4D3,5D3,6D3. The zero-order chi connectivity index (χ0) is 24.2. The Morgan fingerprint density at radius 1 is 1.05 bits per heavy atom. The van der Waals surface area contributed by atoms with Crippen LogP contribution in [0.1, 0.15) is 66.9 Å². The SMILES string of the molecule is [2H]C([2H])([2H])C(c1c([N+](=O)[O-])c(C)c(C(C)=O)c(C)c1[N+](=O)[O-])(C([2H])([2H])[2H])C([2H])([2H])[2H]. The molecule has 21 heavy (non-hydrogen) atoms. The van der Waals surface area contributed by atoms with E-state index in [4.69, 9.17) is 12.3 Å². The predicted octanol–water partition coefficient (Wildman–Crippen LogP) is 3.62. The van der Waals surface area contributed by atoms with E-state index in [9.17, 15) is 25.0 Å². The molecule has 7 heteroatoms. The minimum absolute atomic E-state index is 0.493. The number of nitrogens with zero attached hydrogens (tertiary/aromatic N) is 2. The van der Waals surface area contributed by atoms with Crippen LogP contribution in [0.5, 0.6) is 0 Å². The van der Waals surface area contributed by atoms with Crippen molar-refractivity contribution >= 4 is 17.2 Å². The van der Waals surface area contributed by atoms with Gasteiger partial charge >= 0.3 is 0 Å². The second-order valence-electron chi connectivity index (χ2n) is 4.52. The van der Waals surface area contributed by atoms with Crippen molar-refractivity contribution < 1.29 is 27.0 Å². The molecule has 0 aromatic heterocycles. The van der Waals surface area contributed by atoms with Gasteiger partial charge in [-0.1, -0.05) is 20.6 Å². The topological polar surface area (TPSA) is 103 Å². The number of hydrogen-bond acceptors (Lipinski definition) is 5. The molecule has 0 saturated heterocycles. The summed E-state index contributed by atoms with van der Waals surface area (Å²) in [5, 5.41) is 23.7. The molecule has 0 heterocycles. The van der Waals surface area contributed by atoms with E-state index in [-0.39, 0.29) is 0 Å². The quantitative estimate of drug-likeness (QED) is 0.482. The zero-order valence-electron chi connectivity index (χ0n) is 20.4. The van der Waals surface area contributed by atoms with Crippen LogP contribution in [0.3, 0.4) is 0 Å². The molecule has 0 N–H and O–H groups in total. The van der Waals surface area contributed by atoms with Crippen molar-refractivity contribution in [2.45, 2.75) is 46.7 Å². The first-order valence-electron chi connectivity index (χ1n) is 10.1. The first-order valence-corrected chi connectivity index (χ1v) is 5.63. The van der Waals surface area contributed by atoms with Crippen molar-refractivity contribution in [3.05, 3.63) is 42.5 Å². The third kappa shape index (κ3) is 2.76. The van der Waals surface area contributed by atoms with Crippen molar-refractivity contribution in [2.24, 2.45) is 0 Å². The molecular weight excluding hydrogens is 276 g/mol. The summed E-state index contributed by atoms with van der Waals surface area (Å²) < 4.78 is 69.7. The van der Waals surface area contributed by atoms with Crippen molar-refractivity contribution in [1.82, 2.24) is 0 Å². The average molecular weight is 303 g/mol. The number of nitro groups is 2. The second kappa shape index (κ2) is 5.23. The molecule has 0 aliphatic heterocycles. The fourth-order valence-electron chi connectivity index (χ4n) is 2.34. The molecule has 0 amide bonds. The lowest BCUT2D eigenvalue weighted by atomic mass is 9.80. The number of rotatable bonds is 3. The number of carbonyl (C=O) groups excluding carboxylic acids is 1. The average Bonchev–Trinajstić information content (AvgIpc) is 2.40.